The quantitative estimate of drug-likeness (QED) is 0.100. The summed E-state index contributed by atoms with van der Waals surface area (Å²) in [7, 11) is 0. The minimum absolute atomic E-state index is 0.205. The van der Waals surface area contributed by atoms with Gasteiger partial charge in [-0.3, -0.25) is 0 Å². The molecule has 0 saturated heterocycles. The molecule has 218 valence electrons. The highest BCUT2D eigenvalue weighted by Crippen LogP contribution is 2.15. The minimum atomic E-state index is -0.205. The highest BCUT2D eigenvalue weighted by atomic mass is 16.2. The molecular formula is C32H58N4O2. The molecule has 0 unspecified atom stereocenters. The number of carbonyl (C=O) groups is 2. The topological polar surface area (TPSA) is 82.3 Å². The van der Waals surface area contributed by atoms with Crippen molar-refractivity contribution >= 4 is 23.4 Å². The Balaban J connectivity index is 2.05. The van der Waals surface area contributed by atoms with Crippen LogP contribution in [0.15, 0.2) is 24.3 Å². The molecule has 0 fully saturated rings. The van der Waals surface area contributed by atoms with Gasteiger partial charge < -0.3 is 21.3 Å². The van der Waals surface area contributed by atoms with Crippen molar-refractivity contribution in [1.29, 1.82) is 0 Å². The van der Waals surface area contributed by atoms with Crippen LogP contribution in [0, 0.1) is 0 Å². The first-order valence-corrected chi connectivity index (χ1v) is 15.9. The monoisotopic (exact) mass is 530 g/mol. The van der Waals surface area contributed by atoms with E-state index in [9.17, 15) is 9.59 Å². The number of hydrogen-bond donors (Lipinski definition) is 4. The minimum Gasteiger partial charge on any atom is -0.338 e. The van der Waals surface area contributed by atoms with E-state index >= 15 is 0 Å². The lowest BCUT2D eigenvalue weighted by molar-refractivity contribution is 0.251. The summed E-state index contributed by atoms with van der Waals surface area (Å²) in [6, 6.07) is 6.85. The first kappa shape index (κ1) is 33.8. The number of amides is 4. The maximum atomic E-state index is 12.2. The van der Waals surface area contributed by atoms with Gasteiger partial charge in [-0.1, -0.05) is 135 Å². The molecule has 6 heteroatoms. The molecule has 4 N–H and O–H groups in total. The Hall–Kier alpha value is -2.24. The van der Waals surface area contributed by atoms with Crippen LogP contribution in [0.3, 0.4) is 0 Å². The molecule has 0 aliphatic rings. The molecule has 4 amide bonds. The Morgan fingerprint density at radius 3 is 1.16 bits per heavy atom. The van der Waals surface area contributed by atoms with Crippen LogP contribution in [-0.4, -0.2) is 25.2 Å². The summed E-state index contributed by atoms with van der Waals surface area (Å²) in [4.78, 5) is 24.4. The third-order valence-corrected chi connectivity index (χ3v) is 7.01. The van der Waals surface area contributed by atoms with Crippen LogP contribution >= 0.6 is 0 Å². The molecule has 0 aliphatic heterocycles. The van der Waals surface area contributed by atoms with Crippen LogP contribution in [0.4, 0.5) is 21.0 Å². The van der Waals surface area contributed by atoms with Gasteiger partial charge in [-0.25, -0.2) is 9.59 Å². The summed E-state index contributed by atoms with van der Waals surface area (Å²) in [6.45, 7) is 5.87. The predicted octanol–water partition coefficient (Wildman–Crippen LogP) is 9.77. The van der Waals surface area contributed by atoms with E-state index in [2.05, 4.69) is 35.1 Å². The Bertz CT molecular complexity index is 655. The van der Waals surface area contributed by atoms with Crippen molar-refractivity contribution in [3.05, 3.63) is 24.3 Å². The van der Waals surface area contributed by atoms with Gasteiger partial charge in [0.15, 0.2) is 0 Å². The second-order valence-electron chi connectivity index (χ2n) is 10.7. The Kier molecular flexibility index (Phi) is 22.3. The molecule has 38 heavy (non-hydrogen) atoms. The predicted molar refractivity (Wildman–Crippen MR) is 164 cm³/mol. The first-order valence-electron chi connectivity index (χ1n) is 15.9. The van der Waals surface area contributed by atoms with E-state index in [0.717, 1.165) is 25.7 Å². The Morgan fingerprint density at radius 2 is 0.816 bits per heavy atom. The number of rotatable bonds is 24. The smallest absolute Gasteiger partial charge is 0.319 e. The van der Waals surface area contributed by atoms with Gasteiger partial charge in [0, 0.05) is 24.5 Å². The van der Waals surface area contributed by atoms with Crippen LogP contribution < -0.4 is 21.3 Å². The molecular weight excluding hydrogens is 472 g/mol. The molecule has 0 spiro atoms. The summed E-state index contributed by atoms with van der Waals surface area (Å²) in [5.41, 5.74) is 1.33. The molecule has 0 atom stereocenters. The lowest BCUT2D eigenvalue weighted by Gasteiger charge is -2.11. The van der Waals surface area contributed by atoms with Gasteiger partial charge in [0.25, 0.3) is 0 Å². The fraction of sp³-hybridized carbons (Fsp3) is 0.750. The fourth-order valence-corrected chi connectivity index (χ4v) is 4.65. The molecule has 6 nitrogen and oxygen atoms in total. The lowest BCUT2D eigenvalue weighted by atomic mass is 10.1. The van der Waals surface area contributed by atoms with E-state index in [0.29, 0.717) is 24.5 Å². The number of nitrogens with one attached hydrogen (secondary N) is 4. The van der Waals surface area contributed by atoms with Gasteiger partial charge in [-0.15, -0.1) is 0 Å². The summed E-state index contributed by atoms with van der Waals surface area (Å²) in [6.07, 6.45) is 25.6. The van der Waals surface area contributed by atoms with E-state index in [4.69, 9.17) is 0 Å². The second-order valence-corrected chi connectivity index (χ2v) is 10.7. The molecule has 1 rings (SSSR count). The van der Waals surface area contributed by atoms with Gasteiger partial charge in [0.2, 0.25) is 0 Å². The molecule has 0 heterocycles. The third kappa shape index (κ3) is 20.8. The van der Waals surface area contributed by atoms with Crippen molar-refractivity contribution in [3.8, 4) is 0 Å². The van der Waals surface area contributed by atoms with E-state index in [-0.39, 0.29) is 12.1 Å². The average Bonchev–Trinajstić information content (AvgIpc) is 2.90. The molecule has 0 radical (unpaired) electrons. The van der Waals surface area contributed by atoms with Crippen LogP contribution in [0.2, 0.25) is 0 Å². The number of carbonyl (C=O) groups excluding carboxylic acids is 2. The van der Waals surface area contributed by atoms with E-state index in [1.165, 1.54) is 103 Å². The second kappa shape index (κ2) is 25.1. The van der Waals surface area contributed by atoms with E-state index in [1.54, 1.807) is 6.07 Å². The maximum absolute atomic E-state index is 12.2. The standard InChI is InChI=1S/C32H58N4O2/c1-3-5-7-9-11-13-15-17-19-21-26-33-31(37)35-29-24-23-25-30(28-29)36-32(38)34-27-22-20-18-16-14-12-10-8-6-4-2/h23-25,28H,3-22,26-27H2,1-2H3,(H2,33,35,37)(H2,34,36,38). The molecule has 0 aliphatic carbocycles. The number of urea groups is 2. The molecule has 0 saturated carbocycles. The maximum Gasteiger partial charge on any atom is 0.319 e. The Morgan fingerprint density at radius 1 is 0.500 bits per heavy atom. The van der Waals surface area contributed by atoms with Crippen LogP contribution in [-0.2, 0) is 0 Å². The zero-order valence-corrected chi connectivity index (χ0v) is 24.7. The van der Waals surface area contributed by atoms with Gasteiger partial charge in [0.1, 0.15) is 0 Å². The Labute approximate surface area is 233 Å². The normalized spacial score (nSPS) is 10.8. The van der Waals surface area contributed by atoms with Gasteiger partial charge in [0.05, 0.1) is 0 Å². The van der Waals surface area contributed by atoms with Crippen LogP contribution in [0.5, 0.6) is 0 Å². The molecule has 1 aromatic rings. The van der Waals surface area contributed by atoms with Crippen molar-refractivity contribution in [2.24, 2.45) is 0 Å². The fourth-order valence-electron chi connectivity index (χ4n) is 4.65. The molecule has 0 aromatic heterocycles. The summed E-state index contributed by atoms with van der Waals surface area (Å²) < 4.78 is 0. The average molecular weight is 531 g/mol. The number of unbranched alkanes of at least 4 members (excludes halogenated alkanes) is 18. The van der Waals surface area contributed by atoms with Crippen molar-refractivity contribution in [1.82, 2.24) is 10.6 Å². The number of anilines is 2. The van der Waals surface area contributed by atoms with Crippen molar-refractivity contribution < 1.29 is 9.59 Å². The molecule has 1 aromatic carbocycles. The zero-order chi connectivity index (χ0) is 27.5. The largest absolute Gasteiger partial charge is 0.338 e. The SMILES string of the molecule is CCCCCCCCCCCCNC(=O)Nc1cccc(NC(=O)NCCCCCCCCCCCC)c1. The zero-order valence-electron chi connectivity index (χ0n) is 24.7. The number of hydrogen-bond acceptors (Lipinski definition) is 2. The van der Waals surface area contributed by atoms with Crippen molar-refractivity contribution in [2.75, 3.05) is 23.7 Å². The summed E-state index contributed by atoms with van der Waals surface area (Å²) in [5.74, 6) is 0. The van der Waals surface area contributed by atoms with Crippen LogP contribution in [0.1, 0.15) is 142 Å². The van der Waals surface area contributed by atoms with Gasteiger partial charge in [-0.05, 0) is 31.0 Å². The summed E-state index contributed by atoms with van der Waals surface area (Å²) >= 11 is 0. The van der Waals surface area contributed by atoms with Crippen molar-refractivity contribution in [2.45, 2.75) is 142 Å². The van der Waals surface area contributed by atoms with Crippen molar-refractivity contribution in [3.63, 3.8) is 0 Å². The summed E-state index contributed by atoms with van der Waals surface area (Å²) in [5, 5.41) is 11.6. The van der Waals surface area contributed by atoms with E-state index in [1.807, 2.05) is 18.2 Å². The molecule has 0 bridgehead atoms. The first-order chi connectivity index (χ1) is 18.7. The third-order valence-electron chi connectivity index (χ3n) is 7.01. The van der Waals surface area contributed by atoms with Gasteiger partial charge in [-0.2, -0.15) is 0 Å². The van der Waals surface area contributed by atoms with Gasteiger partial charge >= 0.3 is 12.1 Å². The highest BCUT2D eigenvalue weighted by Gasteiger charge is 2.05. The lowest BCUT2D eigenvalue weighted by Crippen LogP contribution is -2.30. The number of benzene rings is 1. The van der Waals surface area contributed by atoms with E-state index < -0.39 is 0 Å². The highest BCUT2D eigenvalue weighted by molar-refractivity contribution is 5.92. The van der Waals surface area contributed by atoms with Crippen LogP contribution in [0.25, 0.3) is 0 Å².